The number of anilines is 1. The van der Waals surface area contributed by atoms with Gasteiger partial charge in [-0.15, -0.1) is 0 Å². The van der Waals surface area contributed by atoms with Gasteiger partial charge < -0.3 is 10.1 Å². The lowest BCUT2D eigenvalue weighted by atomic mass is 9.81. The molecule has 0 amide bonds. The third-order valence-electron chi connectivity index (χ3n) is 2.90. The second-order valence-electron chi connectivity index (χ2n) is 4.17. The smallest absolute Gasteiger partial charge is 0.143 e. The Kier molecular flexibility index (Phi) is 2.14. The first kappa shape index (κ1) is 9.71. The van der Waals surface area contributed by atoms with Gasteiger partial charge in [0.1, 0.15) is 6.29 Å². The van der Waals surface area contributed by atoms with Crippen LogP contribution in [-0.4, -0.2) is 12.3 Å². The van der Waals surface area contributed by atoms with Crippen LogP contribution < -0.4 is 5.32 Å². The minimum absolute atomic E-state index is 0.119. The first-order valence-corrected chi connectivity index (χ1v) is 5.37. The molecule has 1 aliphatic heterocycles. The predicted octanol–water partition coefficient (Wildman–Crippen LogP) is 2.72. The summed E-state index contributed by atoms with van der Waals surface area (Å²) in [6.07, 6.45) is 0.980. The molecule has 1 unspecified atom stereocenters. The highest BCUT2D eigenvalue weighted by molar-refractivity contribution is 9.10. The van der Waals surface area contributed by atoms with Crippen molar-refractivity contribution in [3.63, 3.8) is 0 Å². The van der Waals surface area contributed by atoms with Crippen LogP contribution in [0.2, 0.25) is 0 Å². The van der Waals surface area contributed by atoms with Crippen LogP contribution in [0.15, 0.2) is 22.7 Å². The molecule has 0 radical (unpaired) electrons. The molecule has 1 aromatic rings. The SMILES string of the molecule is CC1(C)c2cc(Br)ccc2NC1C=O. The second-order valence-corrected chi connectivity index (χ2v) is 5.09. The number of halogens is 1. The monoisotopic (exact) mass is 253 g/mol. The van der Waals surface area contributed by atoms with Crippen LogP contribution >= 0.6 is 15.9 Å². The van der Waals surface area contributed by atoms with Crippen molar-refractivity contribution in [2.45, 2.75) is 25.3 Å². The summed E-state index contributed by atoms with van der Waals surface area (Å²) in [7, 11) is 0. The summed E-state index contributed by atoms with van der Waals surface area (Å²) in [4.78, 5) is 10.9. The number of carbonyl (C=O) groups is 1. The minimum Gasteiger partial charge on any atom is -0.375 e. The van der Waals surface area contributed by atoms with Crippen LogP contribution in [0.5, 0.6) is 0 Å². The lowest BCUT2D eigenvalue weighted by molar-refractivity contribution is -0.109. The molecule has 0 aromatic heterocycles. The molecule has 0 saturated carbocycles. The van der Waals surface area contributed by atoms with Crippen LogP contribution in [0.3, 0.4) is 0 Å². The third-order valence-corrected chi connectivity index (χ3v) is 3.39. The maximum atomic E-state index is 10.9. The van der Waals surface area contributed by atoms with Gasteiger partial charge in [-0.05, 0) is 23.8 Å². The maximum Gasteiger partial charge on any atom is 0.143 e. The van der Waals surface area contributed by atoms with Crippen molar-refractivity contribution < 1.29 is 4.79 Å². The molecule has 3 heteroatoms. The summed E-state index contributed by atoms with van der Waals surface area (Å²) in [5.74, 6) is 0. The highest BCUT2D eigenvalue weighted by Crippen LogP contribution is 2.41. The van der Waals surface area contributed by atoms with E-state index in [0.29, 0.717) is 0 Å². The normalized spacial score (nSPS) is 22.6. The Morgan fingerprint density at radius 3 is 2.86 bits per heavy atom. The van der Waals surface area contributed by atoms with E-state index in [0.717, 1.165) is 16.4 Å². The average Bonchev–Trinajstić information content (AvgIpc) is 2.38. The van der Waals surface area contributed by atoms with Crippen LogP contribution in [0.4, 0.5) is 5.69 Å². The molecule has 1 N–H and O–H groups in total. The van der Waals surface area contributed by atoms with E-state index in [2.05, 4.69) is 41.2 Å². The van der Waals surface area contributed by atoms with Crippen LogP contribution in [0, 0.1) is 0 Å². The van der Waals surface area contributed by atoms with E-state index in [1.807, 2.05) is 12.1 Å². The largest absolute Gasteiger partial charge is 0.375 e. The topological polar surface area (TPSA) is 29.1 Å². The Morgan fingerprint density at radius 1 is 1.50 bits per heavy atom. The fraction of sp³-hybridized carbons (Fsp3) is 0.364. The van der Waals surface area contributed by atoms with Gasteiger partial charge in [0.25, 0.3) is 0 Å². The molecule has 2 nitrogen and oxygen atoms in total. The van der Waals surface area contributed by atoms with Gasteiger partial charge in [0.15, 0.2) is 0 Å². The van der Waals surface area contributed by atoms with Gasteiger partial charge in [0.2, 0.25) is 0 Å². The fourth-order valence-electron chi connectivity index (χ4n) is 1.90. The number of rotatable bonds is 1. The fourth-order valence-corrected chi connectivity index (χ4v) is 2.26. The van der Waals surface area contributed by atoms with E-state index >= 15 is 0 Å². The number of aldehydes is 1. The molecule has 74 valence electrons. The molecule has 1 heterocycles. The highest BCUT2D eigenvalue weighted by Gasteiger charge is 2.38. The third kappa shape index (κ3) is 1.27. The molecular formula is C11H12BrNO. The summed E-state index contributed by atoms with van der Waals surface area (Å²) < 4.78 is 1.05. The van der Waals surface area contributed by atoms with Crippen molar-refractivity contribution in [2.75, 3.05) is 5.32 Å². The van der Waals surface area contributed by atoms with Gasteiger partial charge in [-0.2, -0.15) is 0 Å². The molecule has 0 saturated heterocycles. The number of nitrogens with one attached hydrogen (secondary N) is 1. The summed E-state index contributed by atoms with van der Waals surface area (Å²) in [6.45, 7) is 4.16. The summed E-state index contributed by atoms with van der Waals surface area (Å²) >= 11 is 3.44. The molecule has 0 fully saturated rings. The van der Waals surface area contributed by atoms with E-state index in [4.69, 9.17) is 0 Å². The van der Waals surface area contributed by atoms with E-state index < -0.39 is 0 Å². The molecule has 0 bridgehead atoms. The summed E-state index contributed by atoms with van der Waals surface area (Å²) in [6, 6.07) is 5.94. The number of benzene rings is 1. The van der Waals surface area contributed by atoms with E-state index in [9.17, 15) is 4.79 Å². The number of hydrogen-bond donors (Lipinski definition) is 1. The van der Waals surface area contributed by atoms with Crippen molar-refractivity contribution >= 4 is 27.9 Å². The van der Waals surface area contributed by atoms with E-state index in [1.54, 1.807) is 0 Å². The zero-order valence-electron chi connectivity index (χ0n) is 8.17. The summed E-state index contributed by atoms with van der Waals surface area (Å²) in [5.41, 5.74) is 2.14. The molecule has 0 aliphatic carbocycles. The Balaban J connectivity index is 2.55. The van der Waals surface area contributed by atoms with Crippen LogP contribution in [0.1, 0.15) is 19.4 Å². The van der Waals surface area contributed by atoms with Gasteiger partial charge in [0.05, 0.1) is 6.04 Å². The van der Waals surface area contributed by atoms with Gasteiger partial charge in [-0.3, -0.25) is 0 Å². The van der Waals surface area contributed by atoms with Crippen LogP contribution in [-0.2, 0) is 10.2 Å². The molecule has 14 heavy (non-hydrogen) atoms. The molecule has 1 aliphatic rings. The zero-order valence-corrected chi connectivity index (χ0v) is 9.76. The molecule has 2 rings (SSSR count). The molecule has 1 aromatic carbocycles. The van der Waals surface area contributed by atoms with Gasteiger partial charge in [-0.1, -0.05) is 29.8 Å². The number of carbonyl (C=O) groups excluding carboxylic acids is 1. The van der Waals surface area contributed by atoms with E-state index in [-0.39, 0.29) is 11.5 Å². The Bertz CT molecular complexity index is 387. The van der Waals surface area contributed by atoms with Gasteiger partial charge in [-0.25, -0.2) is 0 Å². The molecular weight excluding hydrogens is 242 g/mol. The van der Waals surface area contributed by atoms with Crippen molar-refractivity contribution in [2.24, 2.45) is 0 Å². The van der Waals surface area contributed by atoms with Crippen molar-refractivity contribution in [1.29, 1.82) is 0 Å². The number of fused-ring (bicyclic) bond motifs is 1. The van der Waals surface area contributed by atoms with Crippen LogP contribution in [0.25, 0.3) is 0 Å². The Hall–Kier alpha value is -0.830. The van der Waals surface area contributed by atoms with Crippen molar-refractivity contribution in [3.05, 3.63) is 28.2 Å². The van der Waals surface area contributed by atoms with Gasteiger partial charge in [0, 0.05) is 15.6 Å². The highest BCUT2D eigenvalue weighted by atomic mass is 79.9. The van der Waals surface area contributed by atoms with Crippen molar-refractivity contribution in [1.82, 2.24) is 0 Å². The Morgan fingerprint density at radius 2 is 2.21 bits per heavy atom. The first-order valence-electron chi connectivity index (χ1n) is 4.57. The first-order chi connectivity index (χ1) is 6.55. The van der Waals surface area contributed by atoms with E-state index in [1.165, 1.54) is 5.56 Å². The average molecular weight is 254 g/mol. The second kappa shape index (κ2) is 3.09. The minimum atomic E-state index is -0.124. The predicted molar refractivity (Wildman–Crippen MR) is 60.6 cm³/mol. The molecule has 0 spiro atoms. The standard InChI is InChI=1S/C11H12BrNO/c1-11(2)8-5-7(12)3-4-9(8)13-10(11)6-14/h3-6,10,13H,1-2H3. The quantitative estimate of drug-likeness (QED) is 0.781. The number of hydrogen-bond acceptors (Lipinski definition) is 2. The maximum absolute atomic E-state index is 10.9. The van der Waals surface area contributed by atoms with Gasteiger partial charge >= 0.3 is 0 Å². The summed E-state index contributed by atoms with van der Waals surface area (Å²) in [5, 5.41) is 3.21. The Labute approximate surface area is 91.8 Å². The van der Waals surface area contributed by atoms with Crippen molar-refractivity contribution in [3.8, 4) is 0 Å². The molecule has 1 atom stereocenters. The zero-order chi connectivity index (χ0) is 10.3. The lowest BCUT2D eigenvalue weighted by Crippen LogP contribution is -2.34. The lowest BCUT2D eigenvalue weighted by Gasteiger charge is -2.22.